The first-order valence-electron chi connectivity index (χ1n) is 4.84. The first-order valence-corrected chi connectivity index (χ1v) is 5.22. The van der Waals surface area contributed by atoms with Gasteiger partial charge < -0.3 is 4.42 Å². The molecule has 0 atom stereocenters. The van der Waals surface area contributed by atoms with Crippen molar-refractivity contribution >= 4 is 33.7 Å². The number of rotatable bonds is 0. The van der Waals surface area contributed by atoms with E-state index in [-0.39, 0.29) is 32.7 Å². The van der Waals surface area contributed by atoms with Crippen molar-refractivity contribution < 1.29 is 8.81 Å². The maximum absolute atomic E-state index is 13.5. The molecule has 0 unspecified atom stereocenters. The van der Waals surface area contributed by atoms with Crippen molar-refractivity contribution in [2.24, 2.45) is 0 Å². The smallest absolute Gasteiger partial charge is 0.232 e. The van der Waals surface area contributed by atoms with Crippen LogP contribution < -0.4 is 5.43 Å². The monoisotopic (exact) mass is 249 g/mol. The Labute approximate surface area is 99.4 Å². The summed E-state index contributed by atoms with van der Waals surface area (Å²) in [6.07, 6.45) is 0. The van der Waals surface area contributed by atoms with Crippen LogP contribution in [0.5, 0.6) is 0 Å². The molecule has 0 bridgehead atoms. The van der Waals surface area contributed by atoms with E-state index in [4.69, 9.17) is 16.0 Å². The second-order valence-corrected chi connectivity index (χ2v) is 3.92. The summed E-state index contributed by atoms with van der Waals surface area (Å²) >= 11 is 5.70. The van der Waals surface area contributed by atoms with E-state index in [0.717, 1.165) is 0 Å². The maximum atomic E-state index is 13.5. The Balaban J connectivity index is 2.62. The van der Waals surface area contributed by atoms with Gasteiger partial charge in [0.05, 0.1) is 10.8 Å². The zero-order valence-electron chi connectivity index (χ0n) is 8.41. The molecule has 17 heavy (non-hydrogen) atoms. The normalized spacial score (nSPS) is 11.2. The summed E-state index contributed by atoms with van der Waals surface area (Å²) in [5.74, 6) is -0.594. The lowest BCUT2D eigenvalue weighted by Crippen LogP contribution is -2.03. The summed E-state index contributed by atoms with van der Waals surface area (Å²) in [7, 11) is 0. The van der Waals surface area contributed by atoms with E-state index in [0.29, 0.717) is 0 Å². The standard InChI is InChI=1S/C12H5ClFNO2/c13-9-5-4-7-10(16)6-2-1-3-8(14)11(6)17-12(7)15-9/h1-5H. The minimum Gasteiger partial charge on any atom is -0.434 e. The molecule has 0 spiro atoms. The van der Waals surface area contributed by atoms with E-state index in [2.05, 4.69) is 4.98 Å². The number of fused-ring (bicyclic) bond motifs is 2. The Morgan fingerprint density at radius 2 is 2.00 bits per heavy atom. The predicted molar refractivity (Wildman–Crippen MR) is 62.8 cm³/mol. The third-order valence-electron chi connectivity index (χ3n) is 2.48. The quantitative estimate of drug-likeness (QED) is 0.454. The average molecular weight is 250 g/mol. The number of hydrogen-bond donors (Lipinski definition) is 0. The zero-order chi connectivity index (χ0) is 12.0. The molecule has 5 heteroatoms. The predicted octanol–water partition coefficient (Wildman–Crippen LogP) is 3.13. The van der Waals surface area contributed by atoms with Gasteiger partial charge in [-0.25, -0.2) is 9.37 Å². The summed E-state index contributed by atoms with van der Waals surface area (Å²) in [6, 6.07) is 7.20. The number of halogens is 2. The van der Waals surface area contributed by atoms with Crippen LogP contribution in [0.3, 0.4) is 0 Å². The van der Waals surface area contributed by atoms with Gasteiger partial charge in [-0.2, -0.15) is 0 Å². The van der Waals surface area contributed by atoms with Gasteiger partial charge in [-0.1, -0.05) is 17.7 Å². The van der Waals surface area contributed by atoms with Crippen LogP contribution in [-0.4, -0.2) is 4.98 Å². The molecule has 0 fully saturated rings. The molecule has 0 saturated carbocycles. The Bertz CT molecular complexity index is 797. The van der Waals surface area contributed by atoms with Gasteiger partial charge in [0, 0.05) is 0 Å². The lowest BCUT2D eigenvalue weighted by Gasteiger charge is -2.01. The number of aromatic nitrogens is 1. The molecule has 2 aromatic heterocycles. The molecule has 2 heterocycles. The highest BCUT2D eigenvalue weighted by molar-refractivity contribution is 6.29. The maximum Gasteiger partial charge on any atom is 0.232 e. The molecule has 0 aliphatic rings. The van der Waals surface area contributed by atoms with E-state index in [1.165, 1.54) is 30.3 Å². The second kappa shape index (κ2) is 3.53. The van der Waals surface area contributed by atoms with Gasteiger partial charge >= 0.3 is 0 Å². The molecule has 0 aliphatic heterocycles. The number of nitrogens with zero attached hydrogens (tertiary/aromatic N) is 1. The van der Waals surface area contributed by atoms with Crippen LogP contribution >= 0.6 is 11.6 Å². The van der Waals surface area contributed by atoms with Gasteiger partial charge in [0.2, 0.25) is 11.1 Å². The van der Waals surface area contributed by atoms with Crippen molar-refractivity contribution in [1.82, 2.24) is 4.98 Å². The van der Waals surface area contributed by atoms with Crippen molar-refractivity contribution in [3.63, 3.8) is 0 Å². The van der Waals surface area contributed by atoms with E-state index < -0.39 is 5.82 Å². The number of pyridine rings is 1. The Kier molecular flexibility index (Phi) is 2.12. The van der Waals surface area contributed by atoms with Crippen molar-refractivity contribution in [2.45, 2.75) is 0 Å². The van der Waals surface area contributed by atoms with Crippen molar-refractivity contribution in [1.29, 1.82) is 0 Å². The summed E-state index contributed by atoms with van der Waals surface area (Å²) in [4.78, 5) is 15.9. The van der Waals surface area contributed by atoms with Crippen LogP contribution in [0.1, 0.15) is 0 Å². The fraction of sp³-hybridized carbons (Fsp3) is 0. The molecular weight excluding hydrogens is 245 g/mol. The minimum atomic E-state index is -0.594. The summed E-state index contributed by atoms with van der Waals surface area (Å²) in [6.45, 7) is 0. The molecule has 0 N–H and O–H groups in total. The average Bonchev–Trinajstić information content (AvgIpc) is 2.30. The van der Waals surface area contributed by atoms with Gasteiger partial charge in [-0.3, -0.25) is 4.79 Å². The van der Waals surface area contributed by atoms with Gasteiger partial charge in [-0.05, 0) is 24.3 Å². The topological polar surface area (TPSA) is 43.1 Å². The lowest BCUT2D eigenvalue weighted by atomic mass is 10.2. The summed E-state index contributed by atoms with van der Waals surface area (Å²) < 4.78 is 18.8. The second-order valence-electron chi connectivity index (χ2n) is 3.53. The third-order valence-corrected chi connectivity index (χ3v) is 2.69. The Morgan fingerprint density at radius 3 is 2.82 bits per heavy atom. The Hall–Kier alpha value is -1.94. The fourth-order valence-corrected chi connectivity index (χ4v) is 1.84. The molecule has 0 amide bonds. The van der Waals surface area contributed by atoms with Crippen LogP contribution in [-0.2, 0) is 0 Å². The molecule has 3 rings (SSSR count). The van der Waals surface area contributed by atoms with Crippen LogP contribution in [0.2, 0.25) is 5.15 Å². The van der Waals surface area contributed by atoms with Crippen molar-refractivity contribution in [2.75, 3.05) is 0 Å². The fourth-order valence-electron chi connectivity index (χ4n) is 1.70. The highest BCUT2D eigenvalue weighted by atomic mass is 35.5. The van der Waals surface area contributed by atoms with Crippen molar-refractivity contribution in [3.05, 3.63) is 51.5 Å². The number of benzene rings is 1. The lowest BCUT2D eigenvalue weighted by molar-refractivity contribution is 0.573. The van der Waals surface area contributed by atoms with Gasteiger partial charge in [-0.15, -0.1) is 0 Å². The van der Waals surface area contributed by atoms with Crippen LogP contribution in [0.15, 0.2) is 39.5 Å². The number of para-hydroxylation sites is 1. The van der Waals surface area contributed by atoms with Crippen LogP contribution in [0, 0.1) is 5.82 Å². The molecule has 84 valence electrons. The largest absolute Gasteiger partial charge is 0.434 e. The van der Waals surface area contributed by atoms with E-state index in [1.54, 1.807) is 0 Å². The molecule has 3 aromatic rings. The van der Waals surface area contributed by atoms with E-state index in [9.17, 15) is 9.18 Å². The molecule has 0 radical (unpaired) electrons. The summed E-state index contributed by atoms with van der Waals surface area (Å²) in [5, 5.41) is 0.672. The Morgan fingerprint density at radius 1 is 1.18 bits per heavy atom. The molecule has 0 aliphatic carbocycles. The van der Waals surface area contributed by atoms with Crippen molar-refractivity contribution in [3.8, 4) is 0 Å². The minimum absolute atomic E-state index is 0.0418. The third kappa shape index (κ3) is 1.49. The van der Waals surface area contributed by atoms with Gasteiger partial charge in [0.25, 0.3) is 0 Å². The first-order chi connectivity index (χ1) is 8.16. The van der Waals surface area contributed by atoms with Crippen LogP contribution in [0.25, 0.3) is 22.1 Å². The van der Waals surface area contributed by atoms with E-state index in [1.807, 2.05) is 0 Å². The SMILES string of the molecule is O=c1c2ccc(Cl)nc2oc2c(F)cccc12. The molecule has 1 aromatic carbocycles. The number of hydrogen-bond acceptors (Lipinski definition) is 3. The van der Waals surface area contributed by atoms with Gasteiger partial charge in [0.15, 0.2) is 11.4 Å². The molecular formula is C12H5ClFNO2. The molecule has 0 saturated heterocycles. The molecule has 3 nitrogen and oxygen atoms in total. The van der Waals surface area contributed by atoms with Gasteiger partial charge in [0.1, 0.15) is 5.15 Å². The highest BCUT2D eigenvalue weighted by Gasteiger charge is 2.11. The zero-order valence-corrected chi connectivity index (χ0v) is 9.16. The van der Waals surface area contributed by atoms with Crippen LogP contribution in [0.4, 0.5) is 4.39 Å². The highest BCUT2D eigenvalue weighted by Crippen LogP contribution is 2.20. The first kappa shape index (κ1) is 10.2. The van der Waals surface area contributed by atoms with E-state index >= 15 is 0 Å². The summed E-state index contributed by atoms with van der Waals surface area (Å²) in [5.41, 5.74) is -0.371.